The summed E-state index contributed by atoms with van der Waals surface area (Å²) in [6.07, 6.45) is 19.6. The maximum atomic E-state index is 2.40. The molecule has 16 aromatic carbocycles. The highest BCUT2D eigenvalue weighted by atomic mass is 15.2. The Labute approximate surface area is 737 Å². The molecular formula is C120H112N4. The van der Waals surface area contributed by atoms with Crippen LogP contribution in [0.25, 0.3) is 70.9 Å². The van der Waals surface area contributed by atoms with E-state index in [4.69, 9.17) is 0 Å². The molecule has 0 atom stereocenters. The Balaban J connectivity index is 0.000000192. The van der Waals surface area contributed by atoms with E-state index in [0.29, 0.717) is 0 Å². The van der Waals surface area contributed by atoms with Crippen molar-refractivity contribution in [3.05, 3.63) is 474 Å². The highest BCUT2D eigenvalue weighted by Crippen LogP contribution is 2.45. The Morgan fingerprint density at radius 3 is 0.782 bits per heavy atom. The molecule has 612 valence electrons. The van der Waals surface area contributed by atoms with Gasteiger partial charge >= 0.3 is 0 Å². The number of nitrogens with zero attached hydrogens (tertiary/aromatic N) is 4. The molecule has 4 nitrogen and oxygen atoms in total. The summed E-state index contributed by atoms with van der Waals surface area (Å²) < 4.78 is 0. The summed E-state index contributed by atoms with van der Waals surface area (Å²) in [6.45, 7) is 30.6. The number of hydrogen-bond acceptors (Lipinski definition) is 4. The maximum absolute atomic E-state index is 2.40. The molecule has 0 heterocycles. The van der Waals surface area contributed by atoms with Crippen molar-refractivity contribution < 1.29 is 0 Å². The summed E-state index contributed by atoms with van der Waals surface area (Å²) in [5.74, 6) is 0. The van der Waals surface area contributed by atoms with Crippen LogP contribution in [0.1, 0.15) is 136 Å². The standard InChI is InChI=1S/C62H60N2.C58H52N2/c1-9-49-19-36-61(47(7)39-49)63(59-34-24-53(45(5)41-59)21-18-51-16-13-14-43(3)38-51)57-30-26-55(27-31-57)56-28-32-58(33-29-56)64(62-37-20-50(10-2)40-48(62)8)60-35-25-54(46(6)42-60)23-22-52-17-12-11-15-44(52)4;1-41-10-14-47(15-11-41)16-17-48-20-28-53(29-21-48)59(57-36-12-43(3)38-45(57)5)55-32-24-51(25-33-55)52-26-34-56(35-27-52)60(58-37-13-44(4)39-46(58)6)54-30-22-49(23-31-54)18-19-50-9-7-8-42(2)40-50/h11-42H,9-10H2,1-8H3;7-40H,1-6H3/b21-18+,23-22+;17-16+,19-18+. The van der Waals surface area contributed by atoms with Crippen molar-refractivity contribution >= 4 is 117 Å². The van der Waals surface area contributed by atoms with Gasteiger partial charge < -0.3 is 19.6 Å². The van der Waals surface area contributed by atoms with Crippen molar-refractivity contribution in [1.82, 2.24) is 0 Å². The van der Waals surface area contributed by atoms with Crippen molar-refractivity contribution in [2.45, 2.75) is 110 Å². The Bertz CT molecular complexity index is 6540. The molecule has 0 aliphatic rings. The molecule has 0 unspecified atom stereocenters. The average molecular weight is 1610 g/mol. The summed E-state index contributed by atoms with van der Waals surface area (Å²) >= 11 is 0. The first-order valence-electron chi connectivity index (χ1n) is 43.6. The van der Waals surface area contributed by atoms with E-state index >= 15 is 0 Å². The van der Waals surface area contributed by atoms with Gasteiger partial charge in [0.25, 0.3) is 0 Å². The van der Waals surface area contributed by atoms with Crippen molar-refractivity contribution in [3.63, 3.8) is 0 Å². The van der Waals surface area contributed by atoms with Crippen LogP contribution in [0.15, 0.2) is 352 Å². The molecule has 0 aliphatic carbocycles. The summed E-state index contributed by atoms with van der Waals surface area (Å²) in [5, 5.41) is 0. The fourth-order valence-electron chi connectivity index (χ4n) is 16.6. The van der Waals surface area contributed by atoms with Crippen LogP contribution in [0.4, 0.5) is 68.2 Å². The van der Waals surface area contributed by atoms with Gasteiger partial charge in [-0.15, -0.1) is 0 Å². The summed E-state index contributed by atoms with van der Waals surface area (Å²) in [6, 6.07) is 129. The quantitative estimate of drug-likeness (QED) is 0.0559. The van der Waals surface area contributed by atoms with Gasteiger partial charge in [-0.2, -0.15) is 0 Å². The van der Waals surface area contributed by atoms with E-state index in [1.54, 1.807) is 0 Å². The predicted octanol–water partition coefficient (Wildman–Crippen LogP) is 34.1. The number of aryl methyl sites for hydroxylation is 14. The Morgan fingerprint density at radius 2 is 0.452 bits per heavy atom. The highest BCUT2D eigenvalue weighted by molar-refractivity contribution is 5.88. The number of rotatable bonds is 24. The first-order valence-corrected chi connectivity index (χ1v) is 43.6. The lowest BCUT2D eigenvalue weighted by atomic mass is 10.0. The van der Waals surface area contributed by atoms with E-state index < -0.39 is 0 Å². The minimum Gasteiger partial charge on any atom is -0.310 e. The molecule has 0 N–H and O–H groups in total. The third-order valence-electron chi connectivity index (χ3n) is 23.7. The lowest BCUT2D eigenvalue weighted by molar-refractivity contribution is 1.12. The second kappa shape index (κ2) is 39.0. The minimum absolute atomic E-state index is 1.01. The van der Waals surface area contributed by atoms with Gasteiger partial charge in [-0.3, -0.25) is 0 Å². The van der Waals surface area contributed by atoms with Crippen molar-refractivity contribution in [1.29, 1.82) is 0 Å². The SMILES string of the molecule is CCc1ccc(N(c2ccc(-c3ccc(N(c4ccc(/C=C/c5ccccc5C)c(C)c4)c4ccc(CC)cc4C)cc3)cc2)c2ccc(/C=C/c3cccc(C)c3)c(C)c2)c(C)c1.Cc1ccc(/C=C/c2ccc(N(c3ccc(-c4ccc(N(c5ccc(/C=C/c6cccc(C)c6)cc5)c5ccc(C)cc5C)cc4)cc3)c3ccc(C)cc3C)cc2)cc1. The molecule has 0 radical (unpaired) electrons. The van der Waals surface area contributed by atoms with Crippen LogP contribution in [0, 0.1) is 83.1 Å². The van der Waals surface area contributed by atoms with E-state index in [-0.39, 0.29) is 0 Å². The zero-order valence-corrected chi connectivity index (χ0v) is 74.3. The van der Waals surface area contributed by atoms with Crippen LogP contribution in [0.2, 0.25) is 0 Å². The predicted molar refractivity (Wildman–Crippen MR) is 540 cm³/mol. The Hall–Kier alpha value is -14.3. The van der Waals surface area contributed by atoms with Crippen LogP contribution < -0.4 is 19.6 Å². The van der Waals surface area contributed by atoms with E-state index in [9.17, 15) is 0 Å². The Kier molecular flexibility index (Phi) is 26.7. The van der Waals surface area contributed by atoms with E-state index in [1.165, 1.54) is 162 Å². The lowest BCUT2D eigenvalue weighted by Gasteiger charge is -2.28. The molecule has 0 fully saturated rings. The second-order valence-corrected chi connectivity index (χ2v) is 33.3. The smallest absolute Gasteiger partial charge is 0.0490 e. The van der Waals surface area contributed by atoms with Gasteiger partial charge in [-0.05, 0) is 334 Å². The molecule has 0 bridgehead atoms. The molecule has 4 heteroatoms. The van der Waals surface area contributed by atoms with Gasteiger partial charge in [0, 0.05) is 68.2 Å². The molecule has 0 aliphatic heterocycles. The summed E-state index contributed by atoms with van der Waals surface area (Å²) in [7, 11) is 0. The van der Waals surface area contributed by atoms with Gasteiger partial charge in [0.1, 0.15) is 0 Å². The topological polar surface area (TPSA) is 13.0 Å². The fraction of sp³-hybridized carbons (Fsp3) is 0.133. The normalized spacial score (nSPS) is 11.4. The van der Waals surface area contributed by atoms with E-state index in [0.717, 1.165) is 63.9 Å². The molecule has 0 amide bonds. The van der Waals surface area contributed by atoms with Crippen LogP contribution in [0.3, 0.4) is 0 Å². The third-order valence-corrected chi connectivity index (χ3v) is 23.7. The first-order chi connectivity index (χ1) is 60.2. The van der Waals surface area contributed by atoms with Gasteiger partial charge in [0.05, 0.1) is 0 Å². The molecule has 124 heavy (non-hydrogen) atoms. The van der Waals surface area contributed by atoms with E-state index in [1.807, 2.05) is 0 Å². The molecule has 0 saturated heterocycles. The van der Waals surface area contributed by atoms with Gasteiger partial charge in [-0.1, -0.05) is 321 Å². The largest absolute Gasteiger partial charge is 0.310 e. The van der Waals surface area contributed by atoms with Crippen molar-refractivity contribution in [3.8, 4) is 22.3 Å². The minimum atomic E-state index is 1.01. The Morgan fingerprint density at radius 1 is 0.177 bits per heavy atom. The number of benzene rings is 16. The zero-order chi connectivity index (χ0) is 86.3. The molecule has 0 spiro atoms. The van der Waals surface area contributed by atoms with Crippen molar-refractivity contribution in [2.24, 2.45) is 0 Å². The van der Waals surface area contributed by atoms with Gasteiger partial charge in [0.15, 0.2) is 0 Å². The number of anilines is 12. The average Bonchev–Trinajstić information content (AvgIpc) is 0.797. The van der Waals surface area contributed by atoms with Gasteiger partial charge in [0.2, 0.25) is 0 Å². The van der Waals surface area contributed by atoms with Gasteiger partial charge in [-0.25, -0.2) is 0 Å². The van der Waals surface area contributed by atoms with Crippen LogP contribution in [-0.2, 0) is 12.8 Å². The highest BCUT2D eigenvalue weighted by Gasteiger charge is 2.22. The van der Waals surface area contributed by atoms with Crippen LogP contribution >= 0.6 is 0 Å². The fourth-order valence-corrected chi connectivity index (χ4v) is 16.6. The first kappa shape index (κ1) is 84.7. The van der Waals surface area contributed by atoms with Crippen LogP contribution in [0.5, 0.6) is 0 Å². The molecule has 16 aromatic rings. The summed E-state index contributed by atoms with van der Waals surface area (Å²) in [4.78, 5) is 9.53. The van der Waals surface area contributed by atoms with Crippen molar-refractivity contribution in [2.75, 3.05) is 19.6 Å². The van der Waals surface area contributed by atoms with E-state index in [2.05, 4.69) is 517 Å². The second-order valence-electron chi connectivity index (χ2n) is 33.3. The molecule has 0 saturated carbocycles. The zero-order valence-electron chi connectivity index (χ0n) is 74.3. The molecule has 0 aromatic heterocycles. The molecule has 16 rings (SSSR count). The number of hydrogen-bond donors (Lipinski definition) is 0. The lowest BCUT2D eigenvalue weighted by Crippen LogP contribution is -2.12. The third kappa shape index (κ3) is 20.5. The molecular weight excluding hydrogens is 1500 g/mol. The monoisotopic (exact) mass is 1610 g/mol. The summed E-state index contributed by atoms with van der Waals surface area (Å²) in [5.41, 5.74) is 45.8. The maximum Gasteiger partial charge on any atom is 0.0490 e. The van der Waals surface area contributed by atoms with Crippen LogP contribution in [-0.4, -0.2) is 0 Å².